The predicted molar refractivity (Wildman–Crippen MR) is 72.2 cm³/mol. The van der Waals surface area contributed by atoms with Gasteiger partial charge >= 0.3 is 0 Å². The standard InChI is InChI=1S/C12H23N3OS/c1-9-6-11(2,3)8-12(7-9)13-10(17)15(14-12)4-5-16/h9,14,16H,4-8H2,1-3H3,(H,13,17)/t9-,12+/m0/s1. The molecule has 2 fully saturated rings. The van der Waals surface area contributed by atoms with Crippen LogP contribution in [0.3, 0.4) is 0 Å². The summed E-state index contributed by atoms with van der Waals surface area (Å²) >= 11 is 5.31. The van der Waals surface area contributed by atoms with Crippen molar-refractivity contribution >= 4 is 17.3 Å². The van der Waals surface area contributed by atoms with Crippen LogP contribution in [0.5, 0.6) is 0 Å². The second-order valence-corrected chi connectivity index (χ2v) is 6.74. The van der Waals surface area contributed by atoms with Crippen LogP contribution in [0.25, 0.3) is 0 Å². The quantitative estimate of drug-likeness (QED) is 0.649. The van der Waals surface area contributed by atoms with Gasteiger partial charge in [0.05, 0.1) is 13.2 Å². The summed E-state index contributed by atoms with van der Waals surface area (Å²) < 4.78 is 0. The molecule has 5 heteroatoms. The molecule has 98 valence electrons. The van der Waals surface area contributed by atoms with Gasteiger partial charge in [-0.05, 0) is 42.8 Å². The van der Waals surface area contributed by atoms with E-state index in [1.54, 1.807) is 0 Å². The smallest absolute Gasteiger partial charge is 0.185 e. The van der Waals surface area contributed by atoms with Crippen LogP contribution < -0.4 is 10.7 Å². The summed E-state index contributed by atoms with van der Waals surface area (Å²) in [6.07, 6.45) is 3.40. The molecule has 1 saturated carbocycles. The van der Waals surface area contributed by atoms with E-state index in [9.17, 15) is 0 Å². The maximum absolute atomic E-state index is 9.02. The first kappa shape index (κ1) is 13.1. The van der Waals surface area contributed by atoms with Crippen LogP contribution in [0.15, 0.2) is 0 Å². The lowest BCUT2D eigenvalue weighted by Gasteiger charge is -2.45. The second-order valence-electron chi connectivity index (χ2n) is 6.35. The molecule has 0 aromatic carbocycles. The SMILES string of the molecule is C[C@H]1CC(C)(C)C[C@]2(C1)NC(=S)N(CCO)N2. The van der Waals surface area contributed by atoms with Crippen LogP contribution in [0, 0.1) is 11.3 Å². The Hall–Kier alpha value is -0.390. The molecule has 0 bridgehead atoms. The number of hydrogen-bond acceptors (Lipinski definition) is 3. The first-order valence-corrected chi connectivity index (χ1v) is 6.75. The Kier molecular flexibility index (Phi) is 3.36. The van der Waals surface area contributed by atoms with Gasteiger partial charge in [-0.25, -0.2) is 5.43 Å². The molecule has 0 amide bonds. The Morgan fingerprint density at radius 2 is 2.18 bits per heavy atom. The third kappa shape index (κ3) is 2.72. The molecule has 2 atom stereocenters. The molecule has 2 rings (SSSR count). The zero-order valence-electron chi connectivity index (χ0n) is 10.9. The Labute approximate surface area is 109 Å². The molecule has 1 saturated heterocycles. The van der Waals surface area contributed by atoms with Gasteiger partial charge in [-0.3, -0.25) is 5.01 Å². The van der Waals surface area contributed by atoms with Crippen molar-refractivity contribution in [3.05, 3.63) is 0 Å². The van der Waals surface area contributed by atoms with Gasteiger partial charge in [0.15, 0.2) is 5.11 Å². The average Bonchev–Trinajstić information content (AvgIpc) is 2.38. The van der Waals surface area contributed by atoms with E-state index in [4.69, 9.17) is 17.3 Å². The number of nitrogens with one attached hydrogen (secondary N) is 2. The number of thiocarbonyl (C=S) groups is 1. The highest BCUT2D eigenvalue weighted by atomic mass is 32.1. The summed E-state index contributed by atoms with van der Waals surface area (Å²) in [5.41, 5.74) is 3.68. The van der Waals surface area contributed by atoms with Crippen molar-refractivity contribution in [2.45, 2.75) is 45.7 Å². The fraction of sp³-hybridized carbons (Fsp3) is 0.917. The number of aliphatic hydroxyl groups excluding tert-OH is 1. The molecular weight excluding hydrogens is 234 g/mol. The molecule has 1 aliphatic heterocycles. The van der Waals surface area contributed by atoms with E-state index in [1.165, 1.54) is 6.42 Å². The lowest BCUT2D eigenvalue weighted by atomic mass is 9.68. The minimum Gasteiger partial charge on any atom is -0.394 e. The number of β-amino-alcohol motifs (C(OH)–C–C–N with tert-alkyl or cyclic N) is 1. The topological polar surface area (TPSA) is 47.5 Å². The van der Waals surface area contributed by atoms with Crippen LogP contribution in [0.4, 0.5) is 0 Å². The van der Waals surface area contributed by atoms with Gasteiger partial charge in [0, 0.05) is 0 Å². The molecule has 1 spiro atoms. The lowest BCUT2D eigenvalue weighted by molar-refractivity contribution is 0.0530. The van der Waals surface area contributed by atoms with Crippen molar-refractivity contribution in [3.63, 3.8) is 0 Å². The van der Waals surface area contributed by atoms with E-state index in [2.05, 4.69) is 31.5 Å². The summed E-state index contributed by atoms with van der Waals surface area (Å²) in [6.45, 7) is 7.58. The number of nitrogens with zero attached hydrogens (tertiary/aromatic N) is 1. The lowest BCUT2D eigenvalue weighted by Crippen LogP contribution is -2.57. The van der Waals surface area contributed by atoms with Gasteiger partial charge in [0.1, 0.15) is 5.66 Å². The molecule has 2 aliphatic rings. The van der Waals surface area contributed by atoms with Crippen molar-refractivity contribution in [2.24, 2.45) is 11.3 Å². The molecule has 0 radical (unpaired) electrons. The third-order valence-electron chi connectivity index (χ3n) is 3.64. The van der Waals surface area contributed by atoms with Crippen LogP contribution in [-0.4, -0.2) is 34.0 Å². The van der Waals surface area contributed by atoms with Crippen molar-refractivity contribution in [2.75, 3.05) is 13.2 Å². The summed E-state index contributed by atoms with van der Waals surface area (Å²) in [6, 6.07) is 0. The van der Waals surface area contributed by atoms with Gasteiger partial charge in [-0.15, -0.1) is 0 Å². The molecular formula is C12H23N3OS. The van der Waals surface area contributed by atoms with Crippen LogP contribution in [0.1, 0.15) is 40.0 Å². The maximum Gasteiger partial charge on any atom is 0.185 e. The van der Waals surface area contributed by atoms with E-state index in [0.29, 0.717) is 23.0 Å². The molecule has 4 nitrogen and oxygen atoms in total. The Bertz CT molecular complexity index is 321. The summed E-state index contributed by atoms with van der Waals surface area (Å²) in [5.74, 6) is 0.677. The fourth-order valence-corrected chi connectivity index (χ4v) is 3.95. The highest BCUT2D eigenvalue weighted by molar-refractivity contribution is 7.80. The maximum atomic E-state index is 9.02. The Morgan fingerprint density at radius 1 is 1.47 bits per heavy atom. The minimum absolute atomic E-state index is 0.104. The fourth-order valence-electron chi connectivity index (χ4n) is 3.62. The average molecular weight is 257 g/mol. The molecule has 1 aliphatic carbocycles. The molecule has 3 N–H and O–H groups in total. The van der Waals surface area contributed by atoms with Crippen molar-refractivity contribution in [1.29, 1.82) is 0 Å². The van der Waals surface area contributed by atoms with E-state index >= 15 is 0 Å². The van der Waals surface area contributed by atoms with Crippen LogP contribution in [0.2, 0.25) is 0 Å². The largest absolute Gasteiger partial charge is 0.394 e. The minimum atomic E-state index is -0.104. The molecule has 0 aromatic heterocycles. The zero-order chi connectivity index (χ0) is 12.7. The second kappa shape index (κ2) is 4.37. The number of hydrogen-bond donors (Lipinski definition) is 3. The van der Waals surface area contributed by atoms with Gasteiger partial charge in [-0.1, -0.05) is 20.8 Å². The molecule has 1 heterocycles. The van der Waals surface area contributed by atoms with Gasteiger partial charge in [0.2, 0.25) is 0 Å². The Morgan fingerprint density at radius 3 is 2.76 bits per heavy atom. The van der Waals surface area contributed by atoms with Crippen molar-refractivity contribution in [3.8, 4) is 0 Å². The summed E-state index contributed by atoms with van der Waals surface area (Å²) in [5, 5.41) is 15.0. The van der Waals surface area contributed by atoms with E-state index in [1.807, 2.05) is 5.01 Å². The number of hydrazine groups is 1. The van der Waals surface area contributed by atoms with Crippen molar-refractivity contribution < 1.29 is 5.11 Å². The van der Waals surface area contributed by atoms with Crippen LogP contribution >= 0.6 is 12.2 Å². The zero-order valence-corrected chi connectivity index (χ0v) is 11.7. The van der Waals surface area contributed by atoms with Gasteiger partial charge < -0.3 is 10.4 Å². The number of rotatable bonds is 2. The van der Waals surface area contributed by atoms with Crippen LogP contribution in [-0.2, 0) is 0 Å². The third-order valence-corrected chi connectivity index (χ3v) is 3.96. The first-order chi connectivity index (χ1) is 7.86. The van der Waals surface area contributed by atoms with Crippen molar-refractivity contribution in [1.82, 2.24) is 15.8 Å². The van der Waals surface area contributed by atoms with E-state index < -0.39 is 0 Å². The van der Waals surface area contributed by atoms with E-state index in [0.717, 1.165) is 12.8 Å². The number of aliphatic hydroxyl groups is 1. The first-order valence-electron chi connectivity index (χ1n) is 6.34. The molecule has 17 heavy (non-hydrogen) atoms. The highest BCUT2D eigenvalue weighted by Gasteiger charge is 2.47. The Balaban J connectivity index is 2.12. The molecule has 0 unspecified atom stereocenters. The predicted octanol–water partition coefficient (Wildman–Crippen LogP) is 1.22. The molecule has 0 aromatic rings. The van der Waals surface area contributed by atoms with Gasteiger partial charge in [0.25, 0.3) is 0 Å². The normalized spacial score (nSPS) is 36.4. The summed E-state index contributed by atoms with van der Waals surface area (Å²) in [4.78, 5) is 0. The van der Waals surface area contributed by atoms with Gasteiger partial charge in [-0.2, -0.15) is 0 Å². The highest BCUT2D eigenvalue weighted by Crippen LogP contribution is 2.43. The monoisotopic (exact) mass is 257 g/mol. The van der Waals surface area contributed by atoms with E-state index in [-0.39, 0.29) is 12.3 Å². The summed E-state index contributed by atoms with van der Waals surface area (Å²) in [7, 11) is 0.